The number of carbonyl (C=O) groups excluding carboxylic acids is 2. The Morgan fingerprint density at radius 3 is 2.40 bits per heavy atom. The lowest BCUT2D eigenvalue weighted by Crippen LogP contribution is -2.62. The Kier molecular flexibility index (Phi) is 8.07. The number of ether oxygens (including phenoxy) is 1. The van der Waals surface area contributed by atoms with E-state index in [1.54, 1.807) is 0 Å². The monoisotopic (exact) mass is 746 g/mol. The fourth-order valence-electron chi connectivity index (χ4n) is 13.9. The molecule has 0 radical (unpaired) electrons. The summed E-state index contributed by atoms with van der Waals surface area (Å²) in [6.07, 6.45) is 15.0. The number of likely N-dealkylation sites (tertiary alicyclic amines) is 1. The van der Waals surface area contributed by atoms with Gasteiger partial charge in [-0.05, 0) is 139 Å². The molecule has 3 fully saturated rings. The first kappa shape index (κ1) is 37.3. The molecule has 2 saturated carbocycles. The van der Waals surface area contributed by atoms with Gasteiger partial charge in [0.05, 0.1) is 34.5 Å². The first-order valence-corrected chi connectivity index (χ1v) is 21.2. The number of aliphatic hydroxyl groups is 2. The highest BCUT2D eigenvalue weighted by Crippen LogP contribution is 2.71. The van der Waals surface area contributed by atoms with E-state index in [0.717, 1.165) is 90.4 Å². The third-order valence-corrected chi connectivity index (χ3v) is 16.4. The van der Waals surface area contributed by atoms with E-state index in [0.29, 0.717) is 17.9 Å². The van der Waals surface area contributed by atoms with Crippen molar-refractivity contribution in [2.45, 2.75) is 149 Å². The highest BCUT2D eigenvalue weighted by molar-refractivity contribution is 6.18. The Labute approximate surface area is 327 Å². The van der Waals surface area contributed by atoms with E-state index >= 15 is 0 Å². The lowest BCUT2D eigenvalue weighted by atomic mass is 9.40. The van der Waals surface area contributed by atoms with E-state index in [9.17, 15) is 19.8 Å². The maximum atomic E-state index is 15.0. The van der Waals surface area contributed by atoms with Crippen LogP contribution in [-0.4, -0.2) is 61.8 Å². The fraction of sp³-hybridized carbons (Fsp3) is 0.625. The molecule has 55 heavy (non-hydrogen) atoms. The average molecular weight is 747 g/mol. The van der Waals surface area contributed by atoms with Gasteiger partial charge >= 0.3 is 0 Å². The van der Waals surface area contributed by atoms with Crippen molar-refractivity contribution in [2.75, 3.05) is 13.1 Å². The second-order valence-electron chi connectivity index (χ2n) is 20.4. The molecule has 9 rings (SSSR count). The molecule has 4 aliphatic carbocycles. The molecule has 7 heteroatoms. The minimum atomic E-state index is -0.849. The second kappa shape index (κ2) is 11.9. The first-order valence-electron chi connectivity index (χ1n) is 21.2. The molecule has 7 aliphatic rings. The molecule has 2 aromatic rings. The molecular formula is C48H62N2O5. The number of carbonyl (C=O) groups is 2. The number of aliphatic hydroxyl groups excluding tert-OH is 2. The first-order chi connectivity index (χ1) is 25.8. The van der Waals surface area contributed by atoms with E-state index in [1.807, 2.05) is 30.9 Å². The van der Waals surface area contributed by atoms with Gasteiger partial charge in [-0.15, -0.1) is 0 Å². The van der Waals surface area contributed by atoms with Gasteiger partial charge in [-0.25, -0.2) is 0 Å². The molecule has 1 amide bonds. The number of Topliss-reactive ketones (excluding diaryl/α,β-unsaturated/α-hetero) is 1. The Morgan fingerprint density at radius 1 is 1.00 bits per heavy atom. The number of hydrogen-bond donors (Lipinski definition) is 2. The predicted molar refractivity (Wildman–Crippen MR) is 218 cm³/mol. The van der Waals surface area contributed by atoms with Crippen molar-refractivity contribution < 1.29 is 24.5 Å². The van der Waals surface area contributed by atoms with Gasteiger partial charge in [-0.2, -0.15) is 0 Å². The second-order valence-corrected chi connectivity index (χ2v) is 20.4. The van der Waals surface area contributed by atoms with Crippen LogP contribution in [0.2, 0.25) is 0 Å². The number of ketones is 1. The summed E-state index contributed by atoms with van der Waals surface area (Å²) < 4.78 is 8.93. The number of fused-ring (bicyclic) bond motifs is 11. The summed E-state index contributed by atoms with van der Waals surface area (Å²) in [6.45, 7) is 25.5. The van der Waals surface area contributed by atoms with Crippen molar-refractivity contribution in [2.24, 2.45) is 28.6 Å². The van der Waals surface area contributed by atoms with Gasteiger partial charge in [0.1, 0.15) is 6.04 Å². The molecule has 7 nitrogen and oxygen atoms in total. The van der Waals surface area contributed by atoms with Gasteiger partial charge < -0.3 is 24.4 Å². The number of amides is 1. The summed E-state index contributed by atoms with van der Waals surface area (Å²) in [7, 11) is 0. The summed E-state index contributed by atoms with van der Waals surface area (Å²) >= 11 is 0. The van der Waals surface area contributed by atoms with Crippen molar-refractivity contribution in [3.8, 4) is 0 Å². The Morgan fingerprint density at radius 2 is 1.71 bits per heavy atom. The zero-order valence-electron chi connectivity index (χ0n) is 34.6. The number of benzene rings is 1. The number of nitrogens with zero attached hydrogens (tertiary/aromatic N) is 2. The molecule has 1 aromatic carbocycles. The van der Waals surface area contributed by atoms with E-state index < -0.39 is 34.9 Å². The van der Waals surface area contributed by atoms with Crippen LogP contribution in [0.25, 0.3) is 16.5 Å². The summed E-state index contributed by atoms with van der Waals surface area (Å²) in [5.74, 6) is 0.479. The lowest BCUT2D eigenvalue weighted by molar-refractivity contribution is -0.144. The molecule has 4 heterocycles. The van der Waals surface area contributed by atoms with Crippen LogP contribution in [0, 0.1) is 28.6 Å². The van der Waals surface area contributed by atoms with Gasteiger partial charge in [0, 0.05) is 52.1 Å². The van der Waals surface area contributed by atoms with Crippen molar-refractivity contribution in [3.63, 3.8) is 0 Å². The molecule has 0 bridgehead atoms. The average Bonchev–Trinajstić information content (AvgIpc) is 3.79. The van der Waals surface area contributed by atoms with Crippen LogP contribution in [0.15, 0.2) is 48.1 Å². The van der Waals surface area contributed by atoms with E-state index in [4.69, 9.17) is 4.74 Å². The Bertz CT molecular complexity index is 2160. The van der Waals surface area contributed by atoms with Crippen molar-refractivity contribution in [1.29, 1.82) is 0 Å². The van der Waals surface area contributed by atoms with Crippen LogP contribution in [0.1, 0.15) is 152 Å². The van der Waals surface area contributed by atoms with Gasteiger partial charge in [0.25, 0.3) is 0 Å². The van der Waals surface area contributed by atoms with E-state index in [1.165, 1.54) is 17.7 Å². The zero-order chi connectivity index (χ0) is 39.4. The molecule has 2 unspecified atom stereocenters. The molecule has 0 spiro atoms. The highest BCUT2D eigenvalue weighted by atomic mass is 16.5. The van der Waals surface area contributed by atoms with Gasteiger partial charge in [-0.1, -0.05) is 51.2 Å². The number of rotatable bonds is 4. The highest BCUT2D eigenvalue weighted by Gasteiger charge is 2.68. The molecule has 2 N–H and O–H groups in total. The van der Waals surface area contributed by atoms with Gasteiger partial charge in [0.2, 0.25) is 5.91 Å². The third-order valence-electron chi connectivity index (χ3n) is 16.4. The SMILES string of the molecule is C=C(C)[C@H]1C(=O)c2c3c(cc4c5c(n1c24)[C@@]1(C)C(CC[C@H]2[C@](C)(/C=C/C=C(\C)C(=O)N4CCCCC4)[C@@H](O)CC[C@@]21C)C5)C1=CC(C)(C)OC(C)(C)C1[C@@H]3O. The van der Waals surface area contributed by atoms with Crippen LogP contribution in [0.5, 0.6) is 0 Å². The number of aromatic nitrogens is 1. The van der Waals surface area contributed by atoms with Crippen LogP contribution in [0.4, 0.5) is 0 Å². The third kappa shape index (κ3) is 4.78. The van der Waals surface area contributed by atoms with Crippen molar-refractivity contribution in [3.05, 3.63) is 76.0 Å². The van der Waals surface area contributed by atoms with Crippen LogP contribution in [0.3, 0.4) is 0 Å². The summed E-state index contributed by atoms with van der Waals surface area (Å²) in [5.41, 5.74) is 6.65. The normalized spacial score (nSPS) is 38.5. The molecule has 9 atom stereocenters. The molecule has 294 valence electrons. The Hall–Kier alpha value is -3.26. The van der Waals surface area contributed by atoms with Crippen molar-refractivity contribution >= 4 is 28.2 Å². The number of piperidine rings is 1. The maximum Gasteiger partial charge on any atom is 0.249 e. The van der Waals surface area contributed by atoms with Gasteiger partial charge in [0.15, 0.2) is 5.78 Å². The maximum absolute atomic E-state index is 15.0. The summed E-state index contributed by atoms with van der Waals surface area (Å²) in [6, 6.07) is 1.80. The van der Waals surface area contributed by atoms with E-state index in [2.05, 4.69) is 77.8 Å². The number of hydrogen-bond acceptors (Lipinski definition) is 5. The lowest BCUT2D eigenvalue weighted by Gasteiger charge is -2.64. The summed E-state index contributed by atoms with van der Waals surface area (Å²) in [5, 5.41) is 25.3. The van der Waals surface area contributed by atoms with Crippen LogP contribution < -0.4 is 0 Å². The zero-order valence-corrected chi connectivity index (χ0v) is 34.6. The quantitative estimate of drug-likeness (QED) is 0.185. The van der Waals surface area contributed by atoms with Crippen LogP contribution in [-0.2, 0) is 21.4 Å². The fourth-order valence-corrected chi connectivity index (χ4v) is 13.9. The van der Waals surface area contributed by atoms with Crippen LogP contribution >= 0.6 is 0 Å². The topological polar surface area (TPSA) is 92.0 Å². The predicted octanol–water partition coefficient (Wildman–Crippen LogP) is 9.11. The molecular weight excluding hydrogens is 685 g/mol. The van der Waals surface area contributed by atoms with E-state index in [-0.39, 0.29) is 34.4 Å². The largest absolute Gasteiger partial charge is 0.392 e. The minimum Gasteiger partial charge on any atom is -0.392 e. The Balaban J connectivity index is 1.18. The minimum absolute atomic E-state index is 0.0427. The molecule has 3 aliphatic heterocycles. The van der Waals surface area contributed by atoms with Crippen molar-refractivity contribution in [1.82, 2.24) is 9.47 Å². The molecule has 1 saturated heterocycles. The molecule has 1 aromatic heterocycles. The van der Waals surface area contributed by atoms with Gasteiger partial charge in [-0.3, -0.25) is 9.59 Å². The number of allylic oxidation sites excluding steroid dienone is 3. The standard InChI is InChI=1S/C48H62N2O5/c1-26(2)38-41(53)36-35-29(32-25-44(4,5)55-45(6,7)37(32)40(35)52)24-30-31-23-28-16-17-33-46(8,19-14-15-27(3)43(54)49-21-12-11-13-22-49)34(51)18-20-47(33,9)48(28,10)42(31)50(38)39(30)36/h14-15,19,24-25,28,33-34,37-38,40,51-52H,1,11-13,16-18,20-23H2,2-10H3/b19-14+,27-15+/t28?,33-,34-,37?,38-,40+,46-,47-,48+/m0/s1. The summed E-state index contributed by atoms with van der Waals surface area (Å²) in [4.78, 5) is 30.2. The smallest absolute Gasteiger partial charge is 0.249 e.